The van der Waals surface area contributed by atoms with Crippen LogP contribution in [-0.4, -0.2) is 54.2 Å². The summed E-state index contributed by atoms with van der Waals surface area (Å²) < 4.78 is 0. The highest BCUT2D eigenvalue weighted by molar-refractivity contribution is 5.94. The Kier molecular flexibility index (Phi) is 6.60. The third kappa shape index (κ3) is 5.66. The molecule has 0 radical (unpaired) electrons. The van der Waals surface area contributed by atoms with Gasteiger partial charge in [-0.05, 0) is 24.6 Å². The van der Waals surface area contributed by atoms with Gasteiger partial charge in [-0.2, -0.15) is 0 Å². The maximum absolute atomic E-state index is 12.4. The normalized spacial score (nSPS) is 14.8. The van der Waals surface area contributed by atoms with Gasteiger partial charge in [-0.25, -0.2) is 0 Å². The molecule has 2 aromatic rings. The summed E-state index contributed by atoms with van der Waals surface area (Å²) in [6.45, 7) is 6.46. The summed E-state index contributed by atoms with van der Waals surface area (Å²) in [5.74, 6) is 0.229. The summed E-state index contributed by atoms with van der Waals surface area (Å²) in [5, 5.41) is 3.24. The summed E-state index contributed by atoms with van der Waals surface area (Å²) in [6.07, 6.45) is 0.461. The van der Waals surface area contributed by atoms with Crippen LogP contribution < -0.4 is 5.32 Å². The van der Waals surface area contributed by atoms with Gasteiger partial charge in [-0.3, -0.25) is 14.5 Å². The van der Waals surface area contributed by atoms with Crippen LogP contribution in [0.3, 0.4) is 0 Å². The molecule has 1 aliphatic rings. The second-order valence-electron chi connectivity index (χ2n) is 6.96. The van der Waals surface area contributed by atoms with Crippen LogP contribution in [0.5, 0.6) is 0 Å². The van der Waals surface area contributed by atoms with E-state index in [2.05, 4.69) is 34.5 Å². The fourth-order valence-electron chi connectivity index (χ4n) is 3.32. The van der Waals surface area contributed by atoms with Gasteiger partial charge in [-0.15, -0.1) is 0 Å². The summed E-state index contributed by atoms with van der Waals surface area (Å²) in [7, 11) is 0. The molecule has 142 valence electrons. The molecule has 3 rings (SSSR count). The average molecular weight is 365 g/mol. The average Bonchev–Trinajstić information content (AvgIpc) is 2.69. The molecule has 0 aliphatic carbocycles. The van der Waals surface area contributed by atoms with Crippen LogP contribution in [0.2, 0.25) is 0 Å². The molecule has 1 aliphatic heterocycles. The second kappa shape index (κ2) is 9.33. The highest BCUT2D eigenvalue weighted by Gasteiger charge is 2.20. The maximum Gasteiger partial charge on any atom is 0.224 e. The Hall–Kier alpha value is -2.66. The van der Waals surface area contributed by atoms with E-state index < -0.39 is 0 Å². The lowest BCUT2D eigenvalue weighted by Gasteiger charge is -2.34. The van der Waals surface area contributed by atoms with Crippen molar-refractivity contribution >= 4 is 17.4 Å². The molecule has 1 heterocycles. The van der Waals surface area contributed by atoms with E-state index in [1.165, 1.54) is 5.56 Å². The van der Waals surface area contributed by atoms with Crippen LogP contribution in [0.25, 0.3) is 0 Å². The van der Waals surface area contributed by atoms with Gasteiger partial charge in [-0.1, -0.05) is 42.5 Å². The fourth-order valence-corrected chi connectivity index (χ4v) is 3.32. The van der Waals surface area contributed by atoms with Gasteiger partial charge < -0.3 is 10.2 Å². The third-order valence-corrected chi connectivity index (χ3v) is 4.91. The Bertz CT molecular complexity index is 768. The molecule has 1 N–H and O–H groups in total. The Morgan fingerprint density at radius 3 is 2.41 bits per heavy atom. The number of rotatable bonds is 7. The first-order chi connectivity index (χ1) is 13.1. The third-order valence-electron chi connectivity index (χ3n) is 4.91. The van der Waals surface area contributed by atoms with E-state index in [1.807, 2.05) is 29.2 Å². The smallest absolute Gasteiger partial charge is 0.224 e. The minimum Gasteiger partial charge on any atom is -0.385 e. The highest BCUT2D eigenvalue weighted by Crippen LogP contribution is 2.12. The van der Waals surface area contributed by atoms with Crippen molar-refractivity contribution in [3.05, 3.63) is 65.7 Å². The molecule has 2 aromatic carbocycles. The van der Waals surface area contributed by atoms with E-state index >= 15 is 0 Å². The maximum atomic E-state index is 12.4. The number of nitrogens with zero attached hydrogens (tertiary/aromatic N) is 2. The first-order valence-corrected chi connectivity index (χ1v) is 9.51. The number of benzene rings is 2. The number of nitrogens with one attached hydrogen (secondary N) is 1. The number of Topliss-reactive ketones (excluding diaryl/α,β-unsaturated/α-hetero) is 1. The van der Waals surface area contributed by atoms with Gasteiger partial charge in [0.05, 0.1) is 0 Å². The van der Waals surface area contributed by atoms with Gasteiger partial charge in [0, 0.05) is 56.9 Å². The van der Waals surface area contributed by atoms with Crippen LogP contribution >= 0.6 is 0 Å². The number of hydrogen-bond acceptors (Lipinski definition) is 4. The van der Waals surface area contributed by atoms with Crippen LogP contribution in [0.15, 0.2) is 54.6 Å². The Labute approximate surface area is 161 Å². The van der Waals surface area contributed by atoms with E-state index in [9.17, 15) is 9.59 Å². The Morgan fingerprint density at radius 1 is 0.963 bits per heavy atom. The van der Waals surface area contributed by atoms with Crippen molar-refractivity contribution in [3.63, 3.8) is 0 Å². The lowest BCUT2D eigenvalue weighted by atomic mass is 10.1. The van der Waals surface area contributed by atoms with Crippen molar-refractivity contribution in [2.24, 2.45) is 0 Å². The molecular formula is C22H27N3O2. The van der Waals surface area contributed by atoms with E-state index in [4.69, 9.17) is 0 Å². The molecule has 1 saturated heterocycles. The quantitative estimate of drug-likeness (QED) is 0.767. The van der Waals surface area contributed by atoms with Crippen LogP contribution in [0, 0.1) is 0 Å². The lowest BCUT2D eigenvalue weighted by molar-refractivity contribution is -0.132. The SMILES string of the molecule is CC(=O)c1cccc(NCCC(=O)N2CCN(Cc3ccccc3)CC2)c1. The first kappa shape index (κ1) is 19.1. The standard InChI is InChI=1S/C22H27N3O2/c1-18(26)20-8-5-9-21(16-20)23-11-10-22(27)25-14-12-24(13-15-25)17-19-6-3-2-4-7-19/h2-9,16,23H,10-15,17H2,1H3. The van der Waals surface area contributed by atoms with E-state index in [0.29, 0.717) is 18.5 Å². The molecule has 5 heteroatoms. The molecule has 1 fully saturated rings. The number of ketones is 1. The molecule has 0 spiro atoms. The van der Waals surface area contributed by atoms with E-state index in [1.54, 1.807) is 13.0 Å². The summed E-state index contributed by atoms with van der Waals surface area (Å²) in [6, 6.07) is 17.8. The molecule has 0 saturated carbocycles. The number of piperazine rings is 1. The zero-order valence-electron chi connectivity index (χ0n) is 15.9. The van der Waals surface area contributed by atoms with Crippen LogP contribution in [0.4, 0.5) is 5.69 Å². The second-order valence-corrected chi connectivity index (χ2v) is 6.96. The first-order valence-electron chi connectivity index (χ1n) is 9.51. The monoisotopic (exact) mass is 365 g/mol. The van der Waals surface area contributed by atoms with Crippen molar-refractivity contribution in [3.8, 4) is 0 Å². The number of carbonyl (C=O) groups is 2. The number of amides is 1. The van der Waals surface area contributed by atoms with Crippen molar-refractivity contribution in [2.75, 3.05) is 38.0 Å². The molecule has 0 atom stereocenters. The van der Waals surface area contributed by atoms with Crippen molar-refractivity contribution in [1.29, 1.82) is 0 Å². The molecule has 27 heavy (non-hydrogen) atoms. The van der Waals surface area contributed by atoms with Crippen molar-refractivity contribution in [2.45, 2.75) is 19.9 Å². The molecular weight excluding hydrogens is 338 g/mol. The summed E-state index contributed by atoms with van der Waals surface area (Å²) in [4.78, 5) is 28.2. The number of anilines is 1. The number of hydrogen-bond donors (Lipinski definition) is 1. The molecule has 0 bridgehead atoms. The van der Waals surface area contributed by atoms with Crippen LogP contribution in [-0.2, 0) is 11.3 Å². The van der Waals surface area contributed by atoms with Gasteiger partial charge in [0.2, 0.25) is 5.91 Å². The fraction of sp³-hybridized carbons (Fsp3) is 0.364. The predicted octanol–water partition coefficient (Wildman–Crippen LogP) is 3.04. The van der Waals surface area contributed by atoms with E-state index in [0.717, 1.165) is 38.4 Å². The predicted molar refractivity (Wildman–Crippen MR) is 108 cm³/mol. The highest BCUT2D eigenvalue weighted by atomic mass is 16.2. The Balaban J connectivity index is 1.39. The minimum atomic E-state index is 0.0445. The Morgan fingerprint density at radius 2 is 1.70 bits per heavy atom. The van der Waals surface area contributed by atoms with Gasteiger partial charge in [0.25, 0.3) is 0 Å². The van der Waals surface area contributed by atoms with Crippen molar-refractivity contribution < 1.29 is 9.59 Å². The summed E-state index contributed by atoms with van der Waals surface area (Å²) in [5.41, 5.74) is 2.87. The molecule has 0 aromatic heterocycles. The molecule has 0 unspecified atom stereocenters. The van der Waals surface area contributed by atoms with E-state index in [-0.39, 0.29) is 11.7 Å². The molecule has 5 nitrogen and oxygen atoms in total. The van der Waals surface area contributed by atoms with Crippen molar-refractivity contribution in [1.82, 2.24) is 9.80 Å². The van der Waals surface area contributed by atoms with Gasteiger partial charge >= 0.3 is 0 Å². The van der Waals surface area contributed by atoms with Gasteiger partial charge in [0.15, 0.2) is 5.78 Å². The zero-order chi connectivity index (χ0) is 19.1. The number of carbonyl (C=O) groups excluding carboxylic acids is 2. The molecule has 1 amide bonds. The summed E-state index contributed by atoms with van der Waals surface area (Å²) >= 11 is 0. The van der Waals surface area contributed by atoms with Crippen LogP contribution in [0.1, 0.15) is 29.3 Å². The minimum absolute atomic E-state index is 0.0445. The van der Waals surface area contributed by atoms with Gasteiger partial charge in [0.1, 0.15) is 0 Å². The zero-order valence-corrected chi connectivity index (χ0v) is 15.9. The largest absolute Gasteiger partial charge is 0.385 e. The lowest BCUT2D eigenvalue weighted by Crippen LogP contribution is -2.48. The topological polar surface area (TPSA) is 52.7 Å².